The quantitative estimate of drug-likeness (QED) is 0.667. The van der Waals surface area contributed by atoms with Gasteiger partial charge in [-0.15, -0.1) is 0 Å². The van der Waals surface area contributed by atoms with Gasteiger partial charge in [0, 0.05) is 11.4 Å². The predicted molar refractivity (Wildman–Crippen MR) is 97.6 cm³/mol. The Labute approximate surface area is 147 Å². The molecule has 0 amide bonds. The Hall–Kier alpha value is -2.43. The van der Waals surface area contributed by atoms with E-state index in [-0.39, 0.29) is 0 Å². The average molecular weight is 333 g/mol. The fourth-order valence-electron chi connectivity index (χ4n) is 3.07. The lowest BCUT2D eigenvalue weighted by Crippen LogP contribution is -2.23. The third-order valence-electron chi connectivity index (χ3n) is 4.24. The van der Waals surface area contributed by atoms with Gasteiger partial charge in [-0.25, -0.2) is 0 Å². The molecule has 1 aliphatic rings. The van der Waals surface area contributed by atoms with Crippen LogP contribution in [0.5, 0.6) is 0 Å². The first-order chi connectivity index (χ1) is 11.8. The lowest BCUT2D eigenvalue weighted by Gasteiger charge is -2.34. The predicted octanol–water partition coefficient (Wildman–Crippen LogP) is 5.61. The van der Waals surface area contributed by atoms with Gasteiger partial charge in [-0.3, -0.25) is 0 Å². The zero-order chi connectivity index (χ0) is 16.9. The first-order valence-electron chi connectivity index (χ1n) is 8.31. The monoisotopic (exact) mass is 333 g/mol. The van der Waals surface area contributed by atoms with Crippen LogP contribution in [0.4, 0.5) is 11.4 Å². The van der Waals surface area contributed by atoms with Gasteiger partial charge in [0.05, 0.1) is 27.4 Å². The highest BCUT2D eigenvalue weighted by molar-refractivity contribution is 7.99. The Balaban J connectivity index is 2.06. The van der Waals surface area contributed by atoms with Crippen molar-refractivity contribution in [2.45, 2.75) is 42.4 Å². The van der Waals surface area contributed by atoms with Gasteiger partial charge in [-0.05, 0) is 30.7 Å². The van der Waals surface area contributed by atoms with Crippen LogP contribution in [0.3, 0.4) is 0 Å². The van der Waals surface area contributed by atoms with Crippen molar-refractivity contribution >= 4 is 23.1 Å². The molecule has 0 fully saturated rings. The van der Waals surface area contributed by atoms with E-state index in [1.807, 2.05) is 30.3 Å². The van der Waals surface area contributed by atoms with Crippen LogP contribution in [0.25, 0.3) is 0 Å². The van der Waals surface area contributed by atoms with Gasteiger partial charge < -0.3 is 4.90 Å². The number of rotatable bonds is 5. The molecule has 0 atom stereocenters. The number of hydrogen-bond acceptors (Lipinski definition) is 4. The molecule has 120 valence electrons. The van der Waals surface area contributed by atoms with Gasteiger partial charge in [-0.1, -0.05) is 50.1 Å². The largest absolute Gasteiger partial charge is 0.339 e. The summed E-state index contributed by atoms with van der Waals surface area (Å²) in [7, 11) is 0. The number of fused-ring (bicyclic) bond motifs is 2. The molecule has 0 bridgehead atoms. The average Bonchev–Trinajstić information content (AvgIpc) is 2.63. The van der Waals surface area contributed by atoms with Crippen molar-refractivity contribution < 1.29 is 0 Å². The van der Waals surface area contributed by atoms with Crippen LogP contribution in [0.2, 0.25) is 0 Å². The first-order valence-corrected chi connectivity index (χ1v) is 9.13. The highest BCUT2D eigenvalue weighted by Crippen LogP contribution is 2.50. The Bertz CT molecular complexity index is 830. The minimum Gasteiger partial charge on any atom is -0.339 e. The number of unbranched alkanes of at least 4 members (excludes halogenated alkanes) is 3. The van der Waals surface area contributed by atoms with Crippen LogP contribution in [-0.4, -0.2) is 6.54 Å². The van der Waals surface area contributed by atoms with Crippen LogP contribution in [0.1, 0.15) is 43.7 Å². The van der Waals surface area contributed by atoms with E-state index in [9.17, 15) is 10.5 Å². The maximum absolute atomic E-state index is 9.53. The molecule has 1 aliphatic heterocycles. The fraction of sp³-hybridized carbons (Fsp3) is 0.300. The summed E-state index contributed by atoms with van der Waals surface area (Å²) in [6, 6.07) is 16.3. The fourth-order valence-corrected chi connectivity index (χ4v) is 4.26. The van der Waals surface area contributed by atoms with E-state index in [0.717, 1.165) is 34.1 Å². The van der Waals surface area contributed by atoms with Crippen molar-refractivity contribution in [1.29, 1.82) is 10.5 Å². The Morgan fingerprint density at radius 3 is 2.46 bits per heavy atom. The molecule has 0 aromatic heterocycles. The van der Waals surface area contributed by atoms with E-state index in [2.05, 4.69) is 30.0 Å². The summed E-state index contributed by atoms with van der Waals surface area (Å²) >= 11 is 1.60. The van der Waals surface area contributed by atoms with Gasteiger partial charge in [0.25, 0.3) is 0 Å². The zero-order valence-electron chi connectivity index (χ0n) is 13.7. The van der Waals surface area contributed by atoms with E-state index in [1.54, 1.807) is 11.8 Å². The van der Waals surface area contributed by atoms with Crippen molar-refractivity contribution in [3.8, 4) is 12.1 Å². The lowest BCUT2D eigenvalue weighted by molar-refractivity contribution is 0.665. The van der Waals surface area contributed by atoms with Gasteiger partial charge >= 0.3 is 0 Å². The summed E-state index contributed by atoms with van der Waals surface area (Å²) in [6.45, 7) is 3.07. The zero-order valence-corrected chi connectivity index (χ0v) is 14.6. The van der Waals surface area contributed by atoms with Gasteiger partial charge in [0.1, 0.15) is 12.1 Å². The Morgan fingerprint density at radius 2 is 1.71 bits per heavy atom. The number of benzene rings is 2. The van der Waals surface area contributed by atoms with Gasteiger partial charge in [0.2, 0.25) is 0 Å². The molecular formula is C20H19N3S. The van der Waals surface area contributed by atoms with E-state index >= 15 is 0 Å². The van der Waals surface area contributed by atoms with E-state index in [0.29, 0.717) is 11.1 Å². The SMILES string of the molecule is CCCCCCN1c2cccc(C#N)c2Sc2cccc(C#N)c21. The number of para-hydroxylation sites is 1. The van der Waals surface area contributed by atoms with Crippen LogP contribution in [0.15, 0.2) is 46.2 Å². The van der Waals surface area contributed by atoms with E-state index in [4.69, 9.17) is 0 Å². The summed E-state index contributed by atoms with van der Waals surface area (Å²) < 4.78 is 0. The minimum atomic E-state index is 0.698. The third kappa shape index (κ3) is 2.98. The molecule has 0 saturated heterocycles. The molecule has 0 N–H and O–H groups in total. The molecule has 24 heavy (non-hydrogen) atoms. The second kappa shape index (κ2) is 7.43. The number of nitrogens with zero attached hydrogens (tertiary/aromatic N) is 3. The van der Waals surface area contributed by atoms with Crippen LogP contribution >= 0.6 is 11.8 Å². The number of hydrogen-bond donors (Lipinski definition) is 0. The standard InChI is InChI=1S/C20H19N3S/c1-2-3-4-5-12-23-17-10-6-9-16(14-22)20(17)24-18-11-7-8-15(13-21)19(18)23/h6-11H,2-5,12H2,1H3. The topological polar surface area (TPSA) is 50.8 Å². The molecule has 1 heterocycles. The van der Waals surface area contributed by atoms with Gasteiger partial charge in [0.15, 0.2) is 0 Å². The molecule has 0 saturated carbocycles. The molecule has 4 heteroatoms. The van der Waals surface area contributed by atoms with Crippen molar-refractivity contribution in [1.82, 2.24) is 0 Å². The molecule has 3 rings (SSSR count). The molecule has 0 aliphatic carbocycles. The van der Waals surface area contributed by atoms with E-state index in [1.165, 1.54) is 19.3 Å². The lowest BCUT2D eigenvalue weighted by atomic mass is 10.1. The number of anilines is 2. The smallest absolute Gasteiger partial charge is 0.101 e. The maximum Gasteiger partial charge on any atom is 0.101 e. The second-order valence-corrected chi connectivity index (χ2v) is 6.90. The first kappa shape index (κ1) is 16.4. The van der Waals surface area contributed by atoms with Crippen molar-refractivity contribution in [2.24, 2.45) is 0 Å². The molecule has 3 nitrogen and oxygen atoms in total. The van der Waals surface area contributed by atoms with Crippen LogP contribution < -0.4 is 4.90 Å². The minimum absolute atomic E-state index is 0.698. The maximum atomic E-state index is 9.53. The van der Waals surface area contributed by atoms with Gasteiger partial charge in [-0.2, -0.15) is 10.5 Å². The Morgan fingerprint density at radius 1 is 0.958 bits per heavy atom. The highest BCUT2D eigenvalue weighted by Gasteiger charge is 2.27. The molecule has 2 aromatic carbocycles. The summed E-state index contributed by atoms with van der Waals surface area (Å²) in [5.74, 6) is 0. The summed E-state index contributed by atoms with van der Waals surface area (Å²) in [6.07, 6.45) is 4.68. The number of nitriles is 2. The summed E-state index contributed by atoms with van der Waals surface area (Å²) in [5, 5.41) is 19.0. The summed E-state index contributed by atoms with van der Waals surface area (Å²) in [4.78, 5) is 4.29. The highest BCUT2D eigenvalue weighted by atomic mass is 32.2. The molecule has 0 radical (unpaired) electrons. The second-order valence-electron chi connectivity index (χ2n) is 5.84. The van der Waals surface area contributed by atoms with Crippen LogP contribution in [-0.2, 0) is 0 Å². The van der Waals surface area contributed by atoms with E-state index < -0.39 is 0 Å². The molecule has 0 unspecified atom stereocenters. The normalized spacial score (nSPS) is 12.0. The molecule has 0 spiro atoms. The van der Waals surface area contributed by atoms with Crippen molar-refractivity contribution in [3.63, 3.8) is 0 Å². The third-order valence-corrected chi connectivity index (χ3v) is 5.42. The van der Waals surface area contributed by atoms with Crippen molar-refractivity contribution in [2.75, 3.05) is 11.4 Å². The van der Waals surface area contributed by atoms with Crippen molar-refractivity contribution in [3.05, 3.63) is 47.5 Å². The van der Waals surface area contributed by atoms with Crippen LogP contribution in [0, 0.1) is 22.7 Å². The molecular weight excluding hydrogens is 314 g/mol. The Kier molecular flexibility index (Phi) is 5.08. The molecule has 2 aromatic rings. The summed E-state index contributed by atoms with van der Waals surface area (Å²) in [5.41, 5.74) is 3.43.